The summed E-state index contributed by atoms with van der Waals surface area (Å²) < 4.78 is 13.0. The van der Waals surface area contributed by atoms with Crippen LogP contribution in [0.2, 0.25) is 5.02 Å². The molecule has 1 aliphatic rings. The van der Waals surface area contributed by atoms with Crippen LogP contribution in [0.4, 0.5) is 4.39 Å². The molecule has 0 unspecified atom stereocenters. The van der Waals surface area contributed by atoms with E-state index in [-0.39, 0.29) is 22.0 Å². The van der Waals surface area contributed by atoms with Crippen LogP contribution in [-0.2, 0) is 0 Å². The Morgan fingerprint density at radius 1 is 1.45 bits per heavy atom. The lowest BCUT2D eigenvalue weighted by molar-refractivity contribution is 0.0872. The van der Waals surface area contributed by atoms with Gasteiger partial charge in [-0.3, -0.25) is 4.79 Å². The van der Waals surface area contributed by atoms with Crippen molar-refractivity contribution >= 4 is 29.1 Å². The Kier molecular flexibility index (Phi) is 4.92. The molecule has 1 fully saturated rings. The predicted octanol–water partition coefficient (Wildman–Crippen LogP) is 4.40. The van der Waals surface area contributed by atoms with E-state index >= 15 is 0 Å². The number of alkyl halides is 1. The highest BCUT2D eigenvalue weighted by Gasteiger charge is 2.35. The fraction of sp³-hybridized carbons (Fsp3) is 0.533. The maximum absolute atomic E-state index is 13.0. The molecule has 0 atom stereocenters. The summed E-state index contributed by atoms with van der Waals surface area (Å²) in [5.74, 6) is 0.303. The molecule has 1 saturated carbocycles. The maximum Gasteiger partial charge on any atom is 0.253 e. The summed E-state index contributed by atoms with van der Waals surface area (Å²) in [5.41, 5.74) is -0.0840. The van der Waals surface area contributed by atoms with Crippen LogP contribution >= 0.6 is 23.2 Å². The molecule has 1 aliphatic carbocycles. The van der Waals surface area contributed by atoms with Crippen molar-refractivity contribution in [3.63, 3.8) is 0 Å². The molecular formula is C15H18Cl2FNO. The van der Waals surface area contributed by atoms with E-state index in [1.165, 1.54) is 12.1 Å². The molecule has 1 aromatic carbocycles. The fourth-order valence-electron chi connectivity index (χ4n) is 2.59. The minimum absolute atomic E-state index is 0.122. The summed E-state index contributed by atoms with van der Waals surface area (Å²) in [5, 5.41) is 3.12. The standard InChI is InChI=1S/C15H18Cl2FNO/c1-10-4-6-15(9-16,7-5-10)19-14(20)12-3-2-11(18)8-13(12)17/h2-3,8,10H,4-7,9H2,1H3,(H,19,20). The topological polar surface area (TPSA) is 29.1 Å². The van der Waals surface area contributed by atoms with Gasteiger partial charge in [-0.15, -0.1) is 11.6 Å². The van der Waals surface area contributed by atoms with Crippen LogP contribution in [0.5, 0.6) is 0 Å². The molecule has 0 aliphatic heterocycles. The van der Waals surface area contributed by atoms with E-state index in [1.807, 2.05) is 0 Å². The molecule has 2 rings (SSSR count). The first-order valence-electron chi connectivity index (χ1n) is 6.79. The van der Waals surface area contributed by atoms with Gasteiger partial charge < -0.3 is 5.32 Å². The lowest BCUT2D eigenvalue weighted by Crippen LogP contribution is -2.52. The van der Waals surface area contributed by atoms with Gasteiger partial charge in [-0.1, -0.05) is 18.5 Å². The zero-order chi connectivity index (χ0) is 14.8. The Labute approximate surface area is 128 Å². The molecule has 0 bridgehead atoms. The van der Waals surface area contributed by atoms with Crippen LogP contribution < -0.4 is 5.32 Å². The van der Waals surface area contributed by atoms with Gasteiger partial charge in [0.2, 0.25) is 0 Å². The first-order chi connectivity index (χ1) is 9.46. The van der Waals surface area contributed by atoms with Gasteiger partial charge in [0.15, 0.2) is 0 Å². The minimum Gasteiger partial charge on any atom is -0.345 e. The summed E-state index contributed by atoms with van der Waals surface area (Å²) in [6.07, 6.45) is 3.82. The van der Waals surface area contributed by atoms with Gasteiger partial charge in [-0.2, -0.15) is 0 Å². The van der Waals surface area contributed by atoms with Gasteiger partial charge in [-0.25, -0.2) is 4.39 Å². The van der Waals surface area contributed by atoms with Crippen LogP contribution in [-0.4, -0.2) is 17.3 Å². The molecule has 1 amide bonds. The van der Waals surface area contributed by atoms with E-state index in [9.17, 15) is 9.18 Å². The second-order valence-corrected chi connectivity index (χ2v) is 6.35. The second kappa shape index (κ2) is 6.31. The van der Waals surface area contributed by atoms with Crippen molar-refractivity contribution < 1.29 is 9.18 Å². The Morgan fingerprint density at radius 2 is 2.10 bits per heavy atom. The van der Waals surface area contributed by atoms with Crippen molar-refractivity contribution in [3.8, 4) is 0 Å². The lowest BCUT2D eigenvalue weighted by atomic mass is 9.78. The third-order valence-electron chi connectivity index (χ3n) is 4.04. The molecule has 0 saturated heterocycles. The summed E-state index contributed by atoms with van der Waals surface area (Å²) in [6, 6.07) is 3.78. The summed E-state index contributed by atoms with van der Waals surface area (Å²) in [6.45, 7) is 2.21. The summed E-state index contributed by atoms with van der Waals surface area (Å²) >= 11 is 12.0. The molecule has 2 nitrogen and oxygen atoms in total. The third kappa shape index (κ3) is 3.44. The fourth-order valence-corrected chi connectivity index (χ4v) is 3.18. The normalized spacial score (nSPS) is 26.3. The van der Waals surface area contributed by atoms with E-state index < -0.39 is 5.82 Å². The zero-order valence-electron chi connectivity index (χ0n) is 11.4. The maximum atomic E-state index is 13.0. The zero-order valence-corrected chi connectivity index (χ0v) is 12.9. The van der Waals surface area contributed by atoms with Crippen LogP contribution in [0.25, 0.3) is 0 Å². The number of hydrogen-bond acceptors (Lipinski definition) is 1. The molecule has 1 aromatic rings. The van der Waals surface area contributed by atoms with Gasteiger partial charge in [-0.05, 0) is 49.8 Å². The number of rotatable bonds is 3. The van der Waals surface area contributed by atoms with Gasteiger partial charge in [0.25, 0.3) is 5.91 Å². The molecule has 5 heteroatoms. The number of hydrogen-bond donors (Lipinski definition) is 1. The van der Waals surface area contributed by atoms with Crippen LogP contribution in [0.1, 0.15) is 43.0 Å². The highest BCUT2D eigenvalue weighted by atomic mass is 35.5. The number of halogens is 3. The van der Waals surface area contributed by atoms with E-state index in [0.29, 0.717) is 11.8 Å². The minimum atomic E-state index is -0.454. The Balaban J connectivity index is 2.13. The molecule has 0 spiro atoms. The van der Waals surface area contributed by atoms with Crippen molar-refractivity contribution in [1.29, 1.82) is 0 Å². The molecule has 0 radical (unpaired) electrons. The highest BCUT2D eigenvalue weighted by Crippen LogP contribution is 2.33. The van der Waals surface area contributed by atoms with E-state index in [4.69, 9.17) is 23.2 Å². The molecule has 110 valence electrons. The molecule has 0 heterocycles. The third-order valence-corrected chi connectivity index (χ3v) is 4.87. The van der Waals surface area contributed by atoms with Gasteiger partial charge in [0, 0.05) is 5.88 Å². The second-order valence-electron chi connectivity index (χ2n) is 5.67. The highest BCUT2D eigenvalue weighted by molar-refractivity contribution is 6.33. The van der Waals surface area contributed by atoms with Crippen LogP contribution in [0.15, 0.2) is 18.2 Å². The molecule has 1 N–H and O–H groups in total. The van der Waals surface area contributed by atoms with Crippen molar-refractivity contribution in [2.45, 2.75) is 38.1 Å². The van der Waals surface area contributed by atoms with E-state index in [2.05, 4.69) is 12.2 Å². The van der Waals surface area contributed by atoms with Crippen molar-refractivity contribution in [3.05, 3.63) is 34.6 Å². The number of nitrogens with one attached hydrogen (secondary N) is 1. The van der Waals surface area contributed by atoms with Gasteiger partial charge in [0.05, 0.1) is 16.1 Å². The Hall–Kier alpha value is -0.800. The van der Waals surface area contributed by atoms with E-state index in [0.717, 1.165) is 31.7 Å². The number of carbonyl (C=O) groups is 1. The quantitative estimate of drug-likeness (QED) is 0.823. The molecule has 0 aromatic heterocycles. The average Bonchev–Trinajstić information content (AvgIpc) is 2.41. The Morgan fingerprint density at radius 3 is 2.65 bits per heavy atom. The number of amides is 1. The van der Waals surface area contributed by atoms with Gasteiger partial charge >= 0.3 is 0 Å². The van der Waals surface area contributed by atoms with Crippen molar-refractivity contribution in [1.82, 2.24) is 5.32 Å². The summed E-state index contributed by atoms with van der Waals surface area (Å²) in [4.78, 5) is 12.3. The van der Waals surface area contributed by atoms with E-state index in [1.54, 1.807) is 0 Å². The Bertz CT molecular complexity index is 499. The molecular weight excluding hydrogens is 300 g/mol. The average molecular weight is 318 g/mol. The monoisotopic (exact) mass is 317 g/mol. The SMILES string of the molecule is CC1CCC(CCl)(NC(=O)c2ccc(F)cc2Cl)CC1. The number of benzene rings is 1. The number of carbonyl (C=O) groups excluding carboxylic acids is 1. The lowest BCUT2D eigenvalue weighted by Gasteiger charge is -2.38. The smallest absolute Gasteiger partial charge is 0.253 e. The first-order valence-corrected chi connectivity index (χ1v) is 7.70. The van der Waals surface area contributed by atoms with Crippen molar-refractivity contribution in [2.75, 3.05) is 5.88 Å². The summed E-state index contributed by atoms with van der Waals surface area (Å²) in [7, 11) is 0. The van der Waals surface area contributed by atoms with Crippen LogP contribution in [0.3, 0.4) is 0 Å². The van der Waals surface area contributed by atoms with Gasteiger partial charge in [0.1, 0.15) is 5.82 Å². The van der Waals surface area contributed by atoms with Crippen molar-refractivity contribution in [2.24, 2.45) is 5.92 Å². The molecule has 20 heavy (non-hydrogen) atoms. The predicted molar refractivity (Wildman–Crippen MR) is 80.0 cm³/mol. The van der Waals surface area contributed by atoms with Crippen LogP contribution in [0, 0.1) is 11.7 Å². The largest absolute Gasteiger partial charge is 0.345 e. The first kappa shape index (κ1) is 15.6.